The maximum atomic E-state index is 13.4. The predicted octanol–water partition coefficient (Wildman–Crippen LogP) is 1.63. The van der Waals surface area contributed by atoms with Crippen molar-refractivity contribution < 1.29 is 21.8 Å². The van der Waals surface area contributed by atoms with Crippen molar-refractivity contribution in [2.75, 3.05) is 12.9 Å². The maximum absolute atomic E-state index is 13.4. The van der Waals surface area contributed by atoms with Crippen LogP contribution in [0.1, 0.15) is 37.3 Å². The molecule has 4 aliphatic rings. The monoisotopic (exact) mass is 367 g/mol. The summed E-state index contributed by atoms with van der Waals surface area (Å²) in [5.74, 6) is -0.532. The van der Waals surface area contributed by atoms with E-state index >= 15 is 0 Å². The summed E-state index contributed by atoms with van der Waals surface area (Å²) in [5, 5.41) is 5.61. The molecule has 3 fully saturated rings. The molecule has 0 radical (unpaired) electrons. The van der Waals surface area contributed by atoms with Crippen LogP contribution in [0.5, 0.6) is 0 Å². The Labute approximate surface area is 145 Å². The first kappa shape index (κ1) is 16.6. The number of carbonyl (C=O) groups is 1. The van der Waals surface area contributed by atoms with Crippen LogP contribution in [-0.4, -0.2) is 43.4 Å². The van der Waals surface area contributed by atoms with Gasteiger partial charge in [0.25, 0.3) is 10.1 Å². The van der Waals surface area contributed by atoms with Gasteiger partial charge in [-0.15, -0.1) is 0 Å². The summed E-state index contributed by atoms with van der Waals surface area (Å²) in [6.45, 7) is 0.126. The second-order valence-electron chi connectivity index (χ2n) is 7.41. The fourth-order valence-corrected chi connectivity index (χ4v) is 4.81. The molecule has 3 saturated carbocycles. The summed E-state index contributed by atoms with van der Waals surface area (Å²) in [7, 11) is -3.47. The number of halogens is 1. The molecule has 1 unspecified atom stereocenters. The fraction of sp³-hybridized carbons (Fsp3) is 0.562. The number of carbonyl (C=O) groups excluding carboxylic acids is 1. The van der Waals surface area contributed by atoms with Crippen LogP contribution < -0.4 is 0 Å². The Morgan fingerprint density at radius 2 is 2.12 bits per heavy atom. The Bertz CT molecular complexity index is 850. The zero-order chi connectivity index (χ0) is 17.9. The van der Waals surface area contributed by atoms with Crippen LogP contribution in [-0.2, 0) is 19.1 Å². The topological polar surface area (TPSA) is 88.9 Å². The molecular formula is C16H18FN3O4S. The minimum atomic E-state index is -3.47. The maximum Gasteiger partial charge on any atom is 0.264 e. The first-order chi connectivity index (χ1) is 11.7. The molecule has 1 aromatic heterocycles. The summed E-state index contributed by atoms with van der Waals surface area (Å²) in [6, 6.07) is 1.03. The number of hydrogen-bond donors (Lipinski definition) is 0. The summed E-state index contributed by atoms with van der Waals surface area (Å²) in [5.41, 5.74) is -0.0767. The number of aromatic nitrogens is 1. The molecule has 0 saturated heterocycles. The molecular weight excluding hydrogens is 349 g/mol. The van der Waals surface area contributed by atoms with E-state index in [9.17, 15) is 17.6 Å². The van der Waals surface area contributed by atoms with Gasteiger partial charge in [-0.2, -0.15) is 13.5 Å². The van der Waals surface area contributed by atoms with E-state index in [4.69, 9.17) is 4.18 Å². The van der Waals surface area contributed by atoms with E-state index in [-0.39, 0.29) is 24.0 Å². The van der Waals surface area contributed by atoms with Crippen molar-refractivity contribution in [2.45, 2.75) is 31.7 Å². The van der Waals surface area contributed by atoms with Crippen LogP contribution in [0.15, 0.2) is 23.6 Å². The molecule has 1 aliphatic heterocycles. The van der Waals surface area contributed by atoms with E-state index < -0.39 is 21.4 Å². The summed E-state index contributed by atoms with van der Waals surface area (Å²) < 4.78 is 40.6. The van der Waals surface area contributed by atoms with Gasteiger partial charge in [0.05, 0.1) is 30.5 Å². The highest BCUT2D eigenvalue weighted by Gasteiger charge is 2.72. The molecule has 2 heterocycles. The molecule has 1 amide bonds. The highest BCUT2D eigenvalue weighted by Crippen LogP contribution is 2.74. The van der Waals surface area contributed by atoms with Crippen molar-refractivity contribution in [3.63, 3.8) is 0 Å². The molecule has 1 atom stereocenters. The Morgan fingerprint density at radius 1 is 1.40 bits per heavy atom. The number of hydrogen-bond acceptors (Lipinski definition) is 6. The largest absolute Gasteiger partial charge is 0.272 e. The van der Waals surface area contributed by atoms with Gasteiger partial charge in [-0.05, 0) is 36.3 Å². The van der Waals surface area contributed by atoms with Crippen LogP contribution in [0, 0.1) is 16.6 Å². The van der Waals surface area contributed by atoms with Gasteiger partial charge in [0.15, 0.2) is 0 Å². The van der Waals surface area contributed by atoms with Gasteiger partial charge in [0.2, 0.25) is 5.91 Å². The van der Waals surface area contributed by atoms with E-state index in [0.717, 1.165) is 12.5 Å². The third-order valence-corrected chi connectivity index (χ3v) is 5.87. The average Bonchev–Trinajstić information content (AvgIpc) is 2.92. The van der Waals surface area contributed by atoms with E-state index in [1.807, 2.05) is 0 Å². The lowest BCUT2D eigenvalue weighted by molar-refractivity contribution is -0.226. The van der Waals surface area contributed by atoms with Gasteiger partial charge in [-0.25, -0.2) is 9.40 Å². The molecule has 0 N–H and O–H groups in total. The molecule has 0 spiro atoms. The Kier molecular flexibility index (Phi) is 3.52. The van der Waals surface area contributed by atoms with Gasteiger partial charge < -0.3 is 0 Å². The average molecular weight is 367 g/mol. The van der Waals surface area contributed by atoms with Gasteiger partial charge in [-0.1, -0.05) is 0 Å². The van der Waals surface area contributed by atoms with Crippen molar-refractivity contribution in [3.8, 4) is 0 Å². The minimum Gasteiger partial charge on any atom is -0.272 e. The number of hydrazone groups is 1. The Balaban J connectivity index is 1.44. The number of amides is 1. The van der Waals surface area contributed by atoms with Crippen molar-refractivity contribution in [1.29, 1.82) is 0 Å². The smallest absolute Gasteiger partial charge is 0.264 e. The normalized spacial score (nSPS) is 33.0. The lowest BCUT2D eigenvalue weighted by Crippen LogP contribution is -2.69. The van der Waals surface area contributed by atoms with E-state index in [1.165, 1.54) is 11.1 Å². The van der Waals surface area contributed by atoms with Crippen molar-refractivity contribution in [1.82, 2.24) is 9.99 Å². The highest BCUT2D eigenvalue weighted by atomic mass is 32.2. The van der Waals surface area contributed by atoms with Crippen LogP contribution in [0.4, 0.5) is 4.39 Å². The molecule has 7 nitrogen and oxygen atoms in total. The highest BCUT2D eigenvalue weighted by molar-refractivity contribution is 7.85. The molecule has 1 aromatic rings. The van der Waals surface area contributed by atoms with Crippen LogP contribution in [0.3, 0.4) is 0 Å². The zero-order valence-corrected chi connectivity index (χ0v) is 14.5. The number of nitrogens with zero attached hydrogens (tertiary/aromatic N) is 3. The molecule has 2 bridgehead atoms. The Morgan fingerprint density at radius 3 is 2.76 bits per heavy atom. The van der Waals surface area contributed by atoms with Crippen LogP contribution in [0.25, 0.3) is 0 Å². The molecule has 0 aromatic carbocycles. The van der Waals surface area contributed by atoms with E-state index in [2.05, 4.69) is 10.1 Å². The molecule has 5 rings (SSSR count). The van der Waals surface area contributed by atoms with Gasteiger partial charge in [0.1, 0.15) is 5.82 Å². The van der Waals surface area contributed by atoms with Gasteiger partial charge in [0, 0.05) is 18.8 Å². The number of rotatable bonds is 5. The minimum absolute atomic E-state index is 0.0864. The van der Waals surface area contributed by atoms with Crippen LogP contribution >= 0.6 is 0 Å². The first-order valence-corrected chi connectivity index (χ1v) is 9.85. The van der Waals surface area contributed by atoms with Crippen molar-refractivity contribution >= 4 is 22.2 Å². The first-order valence-electron chi connectivity index (χ1n) is 8.03. The van der Waals surface area contributed by atoms with Crippen molar-refractivity contribution in [3.05, 3.63) is 29.8 Å². The summed E-state index contributed by atoms with van der Waals surface area (Å²) >= 11 is 0. The SMILES string of the molecule is CS(=O)(=O)OCC12CC(C(=O)N3N=CCC3c3cncc(F)c3)(C1)C2. The van der Waals surface area contributed by atoms with E-state index in [1.54, 1.807) is 12.4 Å². The van der Waals surface area contributed by atoms with Crippen LogP contribution in [0.2, 0.25) is 0 Å². The summed E-state index contributed by atoms with van der Waals surface area (Å²) in [4.78, 5) is 16.8. The molecule has 9 heteroatoms. The van der Waals surface area contributed by atoms with E-state index in [0.29, 0.717) is 31.2 Å². The number of pyridine rings is 1. The third kappa shape index (κ3) is 2.75. The second kappa shape index (κ2) is 5.31. The molecule has 25 heavy (non-hydrogen) atoms. The quantitative estimate of drug-likeness (QED) is 0.738. The third-order valence-electron chi connectivity index (χ3n) is 5.32. The lowest BCUT2D eigenvalue weighted by atomic mass is 9.35. The van der Waals surface area contributed by atoms with Gasteiger partial charge >= 0.3 is 0 Å². The Hall–Kier alpha value is -1.87. The lowest BCUT2D eigenvalue weighted by Gasteiger charge is -2.69. The molecule has 134 valence electrons. The fourth-order valence-electron chi connectivity index (χ4n) is 4.35. The zero-order valence-electron chi connectivity index (χ0n) is 13.7. The molecule has 3 aliphatic carbocycles. The van der Waals surface area contributed by atoms with Gasteiger partial charge in [-0.3, -0.25) is 14.0 Å². The summed E-state index contributed by atoms with van der Waals surface area (Å²) in [6.07, 6.45) is 7.69. The standard InChI is InChI=1S/C16H18FN3O4S/c1-25(22,23)24-10-15-7-16(8-15,9-15)14(21)20-13(2-3-19-20)11-4-12(17)6-18-5-11/h3-6,13H,2,7-10H2,1H3. The van der Waals surface area contributed by atoms with Crippen molar-refractivity contribution in [2.24, 2.45) is 15.9 Å². The second-order valence-corrected chi connectivity index (χ2v) is 9.06. The predicted molar refractivity (Wildman–Crippen MR) is 86.4 cm³/mol.